The van der Waals surface area contributed by atoms with Gasteiger partial charge in [-0.2, -0.15) is 0 Å². The molecule has 7 rings (SSSR count). The van der Waals surface area contributed by atoms with E-state index in [1.54, 1.807) is 30.3 Å². The van der Waals surface area contributed by atoms with Crippen molar-refractivity contribution < 1.29 is 33.4 Å². The van der Waals surface area contributed by atoms with Gasteiger partial charge in [-0.3, -0.25) is 14.5 Å². The van der Waals surface area contributed by atoms with Crippen molar-refractivity contribution in [1.82, 2.24) is 29.7 Å². The van der Waals surface area contributed by atoms with Crippen LogP contribution in [0.1, 0.15) is 65.5 Å². The van der Waals surface area contributed by atoms with Gasteiger partial charge in [0.05, 0.1) is 39.6 Å². The smallest absolute Gasteiger partial charge is 0.326 e. The minimum Gasteiger partial charge on any atom is -0.480 e. The number of carbonyl (C=O) groups excluding carboxylic acids is 2. The van der Waals surface area contributed by atoms with Gasteiger partial charge < -0.3 is 29.4 Å². The summed E-state index contributed by atoms with van der Waals surface area (Å²) in [5.74, 6) is -0.753. The lowest BCUT2D eigenvalue weighted by Crippen LogP contribution is -2.48. The highest BCUT2D eigenvalue weighted by Gasteiger charge is 2.36. The summed E-state index contributed by atoms with van der Waals surface area (Å²) in [4.78, 5) is 50.7. The SMILES string of the molecule is O=C(NCC(=O)N1CCC[C@H]1C(=O)O)c1ccc2c(c1)nc(CN1CCC(c3cccc(OCc4ccc(Cl)cc4F)n3)CC1)n2C[C@]1([Si])CCO1. The normalized spacial score (nSPS) is 20.9. The molecule has 0 saturated carbocycles. The van der Waals surface area contributed by atoms with E-state index in [0.717, 1.165) is 49.4 Å². The first kappa shape index (κ1) is 36.0. The maximum Gasteiger partial charge on any atom is 0.326 e. The number of imidazole rings is 1. The minimum absolute atomic E-state index is 0.0546. The van der Waals surface area contributed by atoms with Crippen molar-refractivity contribution in [3.63, 3.8) is 0 Å². The van der Waals surface area contributed by atoms with Gasteiger partial charge in [-0.15, -0.1) is 0 Å². The number of carboxylic acid groups (broad SMARTS) is 1. The molecule has 3 aliphatic rings. The van der Waals surface area contributed by atoms with Gasteiger partial charge in [0, 0.05) is 53.5 Å². The molecule has 2 N–H and O–H groups in total. The van der Waals surface area contributed by atoms with E-state index in [9.17, 15) is 23.9 Å². The van der Waals surface area contributed by atoms with E-state index in [4.69, 9.17) is 31.0 Å². The Balaban J connectivity index is 0.998. The predicted octanol–water partition coefficient (Wildman–Crippen LogP) is 4.27. The van der Waals surface area contributed by atoms with Gasteiger partial charge >= 0.3 is 5.97 Å². The van der Waals surface area contributed by atoms with Crippen molar-refractivity contribution >= 4 is 50.7 Å². The summed E-state index contributed by atoms with van der Waals surface area (Å²) >= 11 is 5.87. The molecule has 12 nitrogen and oxygen atoms in total. The second-order valence-electron chi connectivity index (χ2n) is 13.7. The third-order valence-corrected chi connectivity index (χ3v) is 10.9. The van der Waals surface area contributed by atoms with Crippen LogP contribution in [0, 0.1) is 5.82 Å². The number of nitrogens with one attached hydrogen (secondary N) is 1. The number of likely N-dealkylation sites (tertiary alicyclic amines) is 2. The number of amides is 2. The second kappa shape index (κ2) is 15.3. The number of carbonyl (C=O) groups is 3. The molecule has 271 valence electrons. The summed E-state index contributed by atoms with van der Waals surface area (Å²) in [6.45, 7) is 3.61. The number of aliphatic carboxylic acids is 1. The van der Waals surface area contributed by atoms with Gasteiger partial charge in [0.2, 0.25) is 11.8 Å². The molecule has 2 aromatic carbocycles. The number of ether oxygens (including phenoxy) is 2. The van der Waals surface area contributed by atoms with E-state index in [1.165, 1.54) is 11.0 Å². The highest BCUT2D eigenvalue weighted by molar-refractivity contribution is 6.30. The van der Waals surface area contributed by atoms with E-state index in [-0.39, 0.29) is 19.1 Å². The lowest BCUT2D eigenvalue weighted by Gasteiger charge is -2.39. The van der Waals surface area contributed by atoms with Crippen LogP contribution in [0.2, 0.25) is 5.02 Å². The number of benzene rings is 2. The number of halogens is 2. The summed E-state index contributed by atoms with van der Waals surface area (Å²) < 4.78 is 28.1. The Morgan fingerprint density at radius 2 is 1.88 bits per heavy atom. The Hall–Kier alpha value is -4.37. The average molecular weight is 746 g/mol. The molecule has 2 amide bonds. The molecule has 0 bridgehead atoms. The molecular weight excluding hydrogens is 707 g/mol. The zero-order valence-electron chi connectivity index (χ0n) is 28.5. The summed E-state index contributed by atoms with van der Waals surface area (Å²) in [6, 6.07) is 14.7. The van der Waals surface area contributed by atoms with Crippen LogP contribution in [0.5, 0.6) is 5.88 Å². The standard InChI is InChI=1S/C37H39ClFN6O6Si/c38-26-8-6-25(27(39)18-26)21-50-33-5-1-3-28(42-33)23-10-14-43(15-11-23)20-32-41-29-17-24(7-9-30(29)45(32)22-37(52)12-16-51-37)35(47)40-19-34(46)44-13-2-4-31(44)36(48)49/h1,3,5-9,17-18,23,31H,2,4,10-16,19-22H2,(H,40,47)(H,48,49)/t31-,37+/m0/s1. The topological polar surface area (TPSA) is 139 Å². The predicted molar refractivity (Wildman–Crippen MR) is 191 cm³/mol. The molecular formula is C37H39ClFN6O6Si. The summed E-state index contributed by atoms with van der Waals surface area (Å²) in [5.41, 5.74) is 3.24. The zero-order valence-corrected chi connectivity index (χ0v) is 30.3. The Morgan fingerprint density at radius 1 is 1.08 bits per heavy atom. The van der Waals surface area contributed by atoms with E-state index >= 15 is 0 Å². The van der Waals surface area contributed by atoms with Crippen molar-refractivity contribution in [1.29, 1.82) is 0 Å². The monoisotopic (exact) mass is 745 g/mol. The molecule has 3 fully saturated rings. The van der Waals surface area contributed by atoms with Crippen LogP contribution in [0.3, 0.4) is 0 Å². The third-order valence-electron chi connectivity index (χ3n) is 10.2. The van der Waals surface area contributed by atoms with Gasteiger partial charge in [0.25, 0.3) is 5.91 Å². The quantitative estimate of drug-likeness (QED) is 0.204. The van der Waals surface area contributed by atoms with Crippen LogP contribution in [0.25, 0.3) is 11.0 Å². The highest BCUT2D eigenvalue weighted by atomic mass is 35.5. The number of fused-ring (bicyclic) bond motifs is 1. The van der Waals surface area contributed by atoms with Gasteiger partial charge in [0.15, 0.2) is 0 Å². The first-order valence-electron chi connectivity index (χ1n) is 17.5. The van der Waals surface area contributed by atoms with Crippen molar-refractivity contribution in [3.05, 3.63) is 88.1 Å². The van der Waals surface area contributed by atoms with Gasteiger partial charge in [-0.1, -0.05) is 23.7 Å². The third kappa shape index (κ3) is 7.99. The second-order valence-corrected chi connectivity index (χ2v) is 15.0. The Bertz CT molecular complexity index is 1980. The maximum atomic E-state index is 14.2. The van der Waals surface area contributed by atoms with Gasteiger partial charge in [0.1, 0.15) is 24.3 Å². The number of piperidine rings is 1. The van der Waals surface area contributed by atoms with Crippen molar-refractivity contribution in [2.24, 2.45) is 0 Å². The number of hydrogen-bond acceptors (Lipinski definition) is 8. The summed E-state index contributed by atoms with van der Waals surface area (Å²) in [7, 11) is 3.82. The van der Waals surface area contributed by atoms with Crippen molar-refractivity contribution in [2.45, 2.75) is 69.0 Å². The number of hydrogen-bond donors (Lipinski definition) is 2. The first-order chi connectivity index (χ1) is 25.0. The summed E-state index contributed by atoms with van der Waals surface area (Å²) in [5, 5.41) is 11.9. The molecule has 3 radical (unpaired) electrons. The Morgan fingerprint density at radius 3 is 2.62 bits per heavy atom. The first-order valence-corrected chi connectivity index (χ1v) is 18.4. The lowest BCUT2D eigenvalue weighted by molar-refractivity contribution is -0.147. The van der Waals surface area contributed by atoms with Gasteiger partial charge in [-0.05, 0) is 81.6 Å². The molecule has 2 atom stereocenters. The van der Waals surface area contributed by atoms with E-state index in [1.807, 2.05) is 18.2 Å². The van der Waals surface area contributed by atoms with Crippen LogP contribution in [0.4, 0.5) is 4.39 Å². The molecule has 0 aliphatic carbocycles. The summed E-state index contributed by atoms with van der Waals surface area (Å²) in [6.07, 6.45) is 3.66. The van der Waals surface area contributed by atoms with Crippen LogP contribution < -0.4 is 10.1 Å². The van der Waals surface area contributed by atoms with Crippen LogP contribution in [0.15, 0.2) is 54.6 Å². The van der Waals surface area contributed by atoms with Crippen LogP contribution in [-0.2, 0) is 34.0 Å². The minimum atomic E-state index is -1.03. The molecule has 0 spiro atoms. The van der Waals surface area contributed by atoms with E-state index in [0.29, 0.717) is 66.6 Å². The van der Waals surface area contributed by atoms with Crippen molar-refractivity contribution in [2.75, 3.05) is 32.8 Å². The zero-order chi connectivity index (χ0) is 36.4. The number of carboxylic acids is 1. The number of pyridine rings is 1. The number of nitrogens with zero attached hydrogens (tertiary/aromatic N) is 5. The van der Waals surface area contributed by atoms with Crippen LogP contribution in [-0.4, -0.2) is 102 Å². The average Bonchev–Trinajstić information content (AvgIpc) is 3.75. The van der Waals surface area contributed by atoms with E-state index < -0.39 is 34.9 Å². The fraction of sp³-hybridized carbons (Fsp3) is 0.432. The molecule has 52 heavy (non-hydrogen) atoms. The molecule has 3 aliphatic heterocycles. The van der Waals surface area contributed by atoms with E-state index in [2.05, 4.69) is 25.0 Å². The largest absolute Gasteiger partial charge is 0.480 e. The van der Waals surface area contributed by atoms with Crippen molar-refractivity contribution in [3.8, 4) is 5.88 Å². The molecule has 15 heteroatoms. The molecule has 0 unspecified atom stereocenters. The Kier molecular flexibility index (Phi) is 10.6. The lowest BCUT2D eigenvalue weighted by atomic mass is 9.93. The highest BCUT2D eigenvalue weighted by Crippen LogP contribution is 2.31. The Labute approximate surface area is 308 Å². The fourth-order valence-electron chi connectivity index (χ4n) is 7.14. The molecule has 5 heterocycles. The number of aromatic nitrogens is 3. The molecule has 4 aromatic rings. The molecule has 3 saturated heterocycles. The molecule has 2 aromatic heterocycles. The number of rotatable bonds is 12. The van der Waals surface area contributed by atoms with Crippen LogP contribution >= 0.6 is 11.6 Å². The fourth-order valence-corrected chi connectivity index (χ4v) is 7.66. The maximum absolute atomic E-state index is 14.2. The van der Waals surface area contributed by atoms with Gasteiger partial charge in [-0.25, -0.2) is 19.2 Å².